The van der Waals surface area contributed by atoms with E-state index in [1.54, 1.807) is 45.0 Å². The summed E-state index contributed by atoms with van der Waals surface area (Å²) in [5.41, 5.74) is 0.318. The van der Waals surface area contributed by atoms with Gasteiger partial charge in [-0.15, -0.1) is 0 Å². The summed E-state index contributed by atoms with van der Waals surface area (Å²) < 4.78 is 42.4. The number of hydrogen-bond donors (Lipinski definition) is 1. The lowest BCUT2D eigenvalue weighted by Gasteiger charge is -2.34. The molecule has 2 aromatic carbocycles. The van der Waals surface area contributed by atoms with Crippen LogP contribution in [0.4, 0.5) is 10.1 Å². The molecule has 0 spiro atoms. The van der Waals surface area contributed by atoms with Crippen molar-refractivity contribution in [2.24, 2.45) is 0 Å². The Morgan fingerprint density at radius 2 is 1.66 bits per heavy atom. The minimum Gasteiger partial charge on any atom is -0.352 e. The van der Waals surface area contributed by atoms with Crippen LogP contribution in [0.3, 0.4) is 0 Å². The summed E-state index contributed by atoms with van der Waals surface area (Å²) in [7, 11) is -1.66. The Balaban J connectivity index is 2.54. The van der Waals surface area contributed by atoms with Crippen molar-refractivity contribution in [1.29, 1.82) is 0 Å². The average molecular weight is 527 g/mol. The van der Waals surface area contributed by atoms with E-state index in [9.17, 15) is 22.4 Å². The number of hydrogen-bond acceptors (Lipinski definition) is 4. The number of nitrogens with zero attached hydrogens (tertiary/aromatic N) is 3. The third kappa shape index (κ3) is 7.16. The summed E-state index contributed by atoms with van der Waals surface area (Å²) in [6, 6.07) is 11.1. The van der Waals surface area contributed by atoms with Crippen molar-refractivity contribution in [3.05, 3.63) is 64.9 Å². The fourth-order valence-electron chi connectivity index (χ4n) is 3.47. The van der Waals surface area contributed by atoms with E-state index in [1.807, 2.05) is 0 Å². The zero-order valence-electron chi connectivity index (χ0n) is 20.5. The first-order chi connectivity index (χ1) is 16.4. The topological polar surface area (TPSA) is 90.0 Å². The van der Waals surface area contributed by atoms with Crippen LogP contribution in [-0.2, 0) is 26.3 Å². The largest absolute Gasteiger partial charge is 0.352 e. The number of carbonyl (C=O) groups excluding carboxylic acids is 2. The fourth-order valence-corrected chi connectivity index (χ4v) is 4.73. The summed E-state index contributed by atoms with van der Waals surface area (Å²) in [4.78, 5) is 27.9. The van der Waals surface area contributed by atoms with Crippen LogP contribution in [0.5, 0.6) is 0 Å². The third-order valence-electron chi connectivity index (χ3n) is 5.26. The van der Waals surface area contributed by atoms with E-state index in [1.165, 1.54) is 37.2 Å². The summed E-state index contributed by atoms with van der Waals surface area (Å²) in [5.74, 6) is -1.85. The summed E-state index contributed by atoms with van der Waals surface area (Å²) in [6.45, 7) is 4.61. The minimum absolute atomic E-state index is 0.0321. The van der Waals surface area contributed by atoms with Crippen LogP contribution in [0.2, 0.25) is 5.02 Å². The highest BCUT2D eigenvalue weighted by atomic mass is 35.5. The number of nitrogens with one attached hydrogen (secondary N) is 1. The van der Waals surface area contributed by atoms with Gasteiger partial charge in [-0.25, -0.2) is 8.70 Å². The molecule has 0 bridgehead atoms. The molecule has 8 nitrogen and oxygen atoms in total. The molecule has 0 heterocycles. The lowest BCUT2D eigenvalue weighted by molar-refractivity contribution is -0.140. The zero-order chi connectivity index (χ0) is 26.3. The zero-order valence-corrected chi connectivity index (χ0v) is 22.1. The Morgan fingerprint density at radius 1 is 1.06 bits per heavy atom. The monoisotopic (exact) mass is 526 g/mol. The third-order valence-corrected chi connectivity index (χ3v) is 7.43. The van der Waals surface area contributed by atoms with Crippen molar-refractivity contribution in [3.8, 4) is 0 Å². The molecule has 11 heteroatoms. The molecule has 0 aromatic heterocycles. The van der Waals surface area contributed by atoms with E-state index in [2.05, 4.69) is 5.32 Å². The van der Waals surface area contributed by atoms with Crippen LogP contribution < -0.4 is 9.62 Å². The van der Waals surface area contributed by atoms with E-state index >= 15 is 0 Å². The van der Waals surface area contributed by atoms with Gasteiger partial charge in [-0.3, -0.25) is 9.59 Å². The molecule has 0 fully saturated rings. The molecular formula is C24H32ClFN4O4S. The minimum atomic E-state index is -4.24. The van der Waals surface area contributed by atoms with Gasteiger partial charge in [-0.05, 0) is 44.0 Å². The highest BCUT2D eigenvalue weighted by Crippen LogP contribution is 2.25. The Morgan fingerprint density at radius 3 is 2.20 bits per heavy atom. The molecule has 0 saturated carbocycles. The van der Waals surface area contributed by atoms with Gasteiger partial charge in [0.05, 0.1) is 5.69 Å². The van der Waals surface area contributed by atoms with Crippen molar-refractivity contribution >= 4 is 39.3 Å². The number of halogens is 2. The van der Waals surface area contributed by atoms with E-state index in [4.69, 9.17) is 11.6 Å². The quantitative estimate of drug-likeness (QED) is 0.486. The van der Waals surface area contributed by atoms with Gasteiger partial charge in [-0.2, -0.15) is 12.7 Å². The maximum atomic E-state index is 14.7. The highest BCUT2D eigenvalue weighted by molar-refractivity contribution is 7.90. The van der Waals surface area contributed by atoms with Gasteiger partial charge in [0.2, 0.25) is 11.8 Å². The molecule has 0 saturated heterocycles. The molecule has 1 unspecified atom stereocenters. The molecule has 1 atom stereocenters. The number of anilines is 1. The summed E-state index contributed by atoms with van der Waals surface area (Å²) in [5, 5.41) is 3.21. The van der Waals surface area contributed by atoms with Crippen molar-refractivity contribution < 1.29 is 22.4 Å². The van der Waals surface area contributed by atoms with Gasteiger partial charge in [0, 0.05) is 31.7 Å². The number of carbonyl (C=O) groups is 2. The lowest BCUT2D eigenvalue weighted by Crippen LogP contribution is -2.54. The van der Waals surface area contributed by atoms with Crippen LogP contribution >= 0.6 is 11.6 Å². The smallest absolute Gasteiger partial charge is 0.304 e. The SMILES string of the molecule is CCC(C(=O)NC(C)C)N(Cc1ccccc1Cl)C(=O)CN(c1ccccc1F)S(=O)(=O)N(C)C. The van der Waals surface area contributed by atoms with E-state index in [0.29, 0.717) is 14.9 Å². The van der Waals surface area contributed by atoms with Gasteiger partial charge in [0.25, 0.3) is 0 Å². The predicted molar refractivity (Wildman–Crippen MR) is 136 cm³/mol. The second kappa shape index (κ2) is 12.3. The maximum absolute atomic E-state index is 14.7. The summed E-state index contributed by atoms with van der Waals surface area (Å²) >= 11 is 6.32. The first-order valence-corrected chi connectivity index (χ1v) is 13.0. The molecule has 2 rings (SSSR count). The van der Waals surface area contributed by atoms with Gasteiger partial charge in [0.15, 0.2) is 0 Å². The predicted octanol–water partition coefficient (Wildman–Crippen LogP) is 3.42. The van der Waals surface area contributed by atoms with Crippen LogP contribution in [0, 0.1) is 5.82 Å². The average Bonchev–Trinajstić information content (AvgIpc) is 2.78. The maximum Gasteiger partial charge on any atom is 0.304 e. The second-order valence-electron chi connectivity index (χ2n) is 8.45. The molecule has 2 amide bonds. The fraction of sp³-hybridized carbons (Fsp3) is 0.417. The highest BCUT2D eigenvalue weighted by Gasteiger charge is 2.35. The molecule has 0 aliphatic rings. The number of para-hydroxylation sites is 1. The van der Waals surface area contributed by atoms with E-state index < -0.39 is 34.5 Å². The van der Waals surface area contributed by atoms with Gasteiger partial charge in [-0.1, -0.05) is 48.9 Å². The van der Waals surface area contributed by atoms with E-state index in [0.717, 1.165) is 10.4 Å². The number of amides is 2. The van der Waals surface area contributed by atoms with Crippen LogP contribution in [-0.4, -0.2) is 62.2 Å². The Hall–Kier alpha value is -2.69. The normalized spacial score (nSPS) is 12.5. The van der Waals surface area contributed by atoms with Crippen molar-refractivity contribution in [2.75, 3.05) is 24.9 Å². The van der Waals surface area contributed by atoms with E-state index in [-0.39, 0.29) is 30.6 Å². The van der Waals surface area contributed by atoms with Crippen LogP contribution in [0.1, 0.15) is 32.8 Å². The molecule has 2 aromatic rings. The Labute approximate surface area is 211 Å². The molecule has 0 radical (unpaired) electrons. The van der Waals surface area contributed by atoms with Crippen molar-refractivity contribution in [1.82, 2.24) is 14.5 Å². The Bertz CT molecular complexity index is 1140. The van der Waals surface area contributed by atoms with Gasteiger partial charge in [0.1, 0.15) is 18.4 Å². The van der Waals surface area contributed by atoms with Crippen molar-refractivity contribution in [3.63, 3.8) is 0 Å². The lowest BCUT2D eigenvalue weighted by atomic mass is 10.1. The van der Waals surface area contributed by atoms with Crippen molar-refractivity contribution in [2.45, 2.75) is 45.8 Å². The molecule has 192 valence electrons. The van der Waals surface area contributed by atoms with Gasteiger partial charge < -0.3 is 10.2 Å². The number of benzene rings is 2. The molecule has 35 heavy (non-hydrogen) atoms. The number of rotatable bonds is 11. The van der Waals surface area contributed by atoms with Crippen LogP contribution in [0.25, 0.3) is 0 Å². The molecule has 1 N–H and O–H groups in total. The van der Waals surface area contributed by atoms with Crippen LogP contribution in [0.15, 0.2) is 48.5 Å². The molecule has 0 aliphatic carbocycles. The molecule has 0 aliphatic heterocycles. The van der Waals surface area contributed by atoms with Gasteiger partial charge >= 0.3 is 10.2 Å². The molecular weight excluding hydrogens is 495 g/mol. The first-order valence-electron chi connectivity index (χ1n) is 11.2. The summed E-state index contributed by atoms with van der Waals surface area (Å²) in [6.07, 6.45) is 0.273. The Kier molecular flexibility index (Phi) is 10.1. The second-order valence-corrected chi connectivity index (χ2v) is 10.9. The standard InChI is InChI=1S/C24H32ClFN4O4S/c1-6-21(24(32)27-17(2)3)29(15-18-11-7-8-12-19(18)25)23(31)16-30(35(33,34)28(4)5)22-14-10-9-13-20(22)26/h7-14,17,21H,6,15-16H2,1-5H3,(H,27,32). The first kappa shape index (κ1) is 28.5.